The van der Waals surface area contributed by atoms with Crippen LogP contribution in [0.1, 0.15) is 66.7 Å². The summed E-state index contributed by atoms with van der Waals surface area (Å²) in [6.07, 6.45) is -3.76. The fourth-order valence-corrected chi connectivity index (χ4v) is 5.51. The molecule has 1 unspecified atom stereocenters. The number of rotatable bonds is 12. The minimum atomic E-state index is -4.74. The molecule has 0 bridgehead atoms. The summed E-state index contributed by atoms with van der Waals surface area (Å²) >= 11 is 6.44. The molecule has 0 aliphatic heterocycles. The summed E-state index contributed by atoms with van der Waals surface area (Å²) in [5.41, 5.74) is 1.82. The second kappa shape index (κ2) is 15.1. The molecule has 0 saturated heterocycles. The highest BCUT2D eigenvalue weighted by atomic mass is 35.5. The molecule has 0 fully saturated rings. The maximum absolute atomic E-state index is 14.0. The minimum absolute atomic E-state index is 0.0106. The smallest absolute Gasteiger partial charge is 0.416 e. The maximum atomic E-state index is 14.0. The number of alkyl halides is 3. The van der Waals surface area contributed by atoms with Gasteiger partial charge in [-0.05, 0) is 86.7 Å². The number of likely N-dealkylation sites (N-methyl/N-ethyl adjacent to an activating group) is 1. The van der Waals surface area contributed by atoms with Crippen LogP contribution >= 0.6 is 11.6 Å². The summed E-state index contributed by atoms with van der Waals surface area (Å²) in [5.74, 6) is -1.40. The highest BCUT2D eigenvalue weighted by Gasteiger charge is 2.36. The molecule has 1 amide bonds. The van der Waals surface area contributed by atoms with Gasteiger partial charge in [-0.3, -0.25) is 14.4 Å². The standard InChI is InChI=1S/C33H40ClF3N4O4/c1-19(2)13-27(41-18-22(11-12-40(5)6)24(16-29(41)42)33(35,36)37)32(44)39-26(17-30(43)45-7)25-14-23(15-28(34)38-25)31-20(3)9-8-10-21(31)4/h8-10,14-16,18-19,26-27H,11-13,17H2,1-7H3,(H,39,44)/t26-,27?/m0/s1. The molecule has 0 aliphatic rings. The SMILES string of the molecule is COC(=O)C[C@H](NC(=O)C(CC(C)C)n1cc(CCN(C)C)c(C(F)(F)F)cc1=O)c1cc(-c2c(C)cccc2C)cc(Cl)n1. The number of nitrogens with one attached hydrogen (secondary N) is 1. The summed E-state index contributed by atoms with van der Waals surface area (Å²) in [4.78, 5) is 45.8. The zero-order valence-electron chi connectivity index (χ0n) is 26.6. The van der Waals surface area contributed by atoms with E-state index in [0.29, 0.717) is 12.6 Å². The van der Waals surface area contributed by atoms with Crippen LogP contribution in [0.5, 0.6) is 0 Å². The number of benzene rings is 1. The van der Waals surface area contributed by atoms with E-state index in [0.717, 1.165) is 33.0 Å². The van der Waals surface area contributed by atoms with Crippen LogP contribution in [0.4, 0.5) is 13.2 Å². The normalized spacial score (nSPS) is 13.2. The summed E-state index contributed by atoms with van der Waals surface area (Å²) in [5, 5.41) is 2.96. The Morgan fingerprint density at radius 3 is 2.31 bits per heavy atom. The fourth-order valence-electron chi connectivity index (χ4n) is 5.29. The lowest BCUT2D eigenvalue weighted by atomic mass is 9.95. The van der Waals surface area contributed by atoms with E-state index in [1.807, 2.05) is 45.9 Å². The van der Waals surface area contributed by atoms with Crippen molar-refractivity contribution in [1.29, 1.82) is 0 Å². The quantitative estimate of drug-likeness (QED) is 0.183. The van der Waals surface area contributed by atoms with Gasteiger partial charge in [-0.2, -0.15) is 13.2 Å². The van der Waals surface area contributed by atoms with Crippen LogP contribution in [0.2, 0.25) is 5.15 Å². The van der Waals surface area contributed by atoms with Crippen molar-refractivity contribution >= 4 is 23.5 Å². The number of nitrogens with zero attached hydrogens (tertiary/aromatic N) is 3. The first-order valence-electron chi connectivity index (χ1n) is 14.6. The van der Waals surface area contributed by atoms with E-state index in [2.05, 4.69) is 10.3 Å². The zero-order valence-corrected chi connectivity index (χ0v) is 27.3. The van der Waals surface area contributed by atoms with E-state index in [1.165, 1.54) is 7.11 Å². The average molecular weight is 649 g/mol. The van der Waals surface area contributed by atoms with Crippen molar-refractivity contribution in [2.24, 2.45) is 5.92 Å². The predicted octanol–water partition coefficient (Wildman–Crippen LogP) is 6.31. The van der Waals surface area contributed by atoms with Crippen LogP contribution < -0.4 is 10.9 Å². The number of pyridine rings is 2. The van der Waals surface area contributed by atoms with Crippen LogP contribution in [0.3, 0.4) is 0 Å². The molecule has 0 radical (unpaired) electrons. The first-order valence-corrected chi connectivity index (χ1v) is 15.0. The number of ether oxygens (including phenoxy) is 1. The minimum Gasteiger partial charge on any atom is -0.469 e. The number of methoxy groups -OCH3 is 1. The molecule has 244 valence electrons. The number of hydrogen-bond acceptors (Lipinski definition) is 6. The van der Waals surface area contributed by atoms with Crippen molar-refractivity contribution in [2.75, 3.05) is 27.7 Å². The summed E-state index contributed by atoms with van der Waals surface area (Å²) < 4.78 is 47.7. The average Bonchev–Trinajstić information content (AvgIpc) is 2.93. The van der Waals surface area contributed by atoms with Gasteiger partial charge in [0.05, 0.1) is 30.8 Å². The molecule has 3 aromatic rings. The van der Waals surface area contributed by atoms with Gasteiger partial charge in [0.2, 0.25) is 5.91 Å². The third-order valence-corrected chi connectivity index (χ3v) is 7.68. The molecule has 2 heterocycles. The van der Waals surface area contributed by atoms with Crippen LogP contribution in [0, 0.1) is 19.8 Å². The van der Waals surface area contributed by atoms with Crippen molar-refractivity contribution in [3.63, 3.8) is 0 Å². The lowest BCUT2D eigenvalue weighted by Crippen LogP contribution is -2.41. The van der Waals surface area contributed by atoms with Crippen molar-refractivity contribution in [3.8, 4) is 11.1 Å². The van der Waals surface area contributed by atoms with Gasteiger partial charge in [-0.15, -0.1) is 0 Å². The topological polar surface area (TPSA) is 93.5 Å². The lowest BCUT2D eigenvalue weighted by Gasteiger charge is -2.26. The highest BCUT2D eigenvalue weighted by Crippen LogP contribution is 2.33. The van der Waals surface area contributed by atoms with Gasteiger partial charge in [-0.25, -0.2) is 4.98 Å². The first-order chi connectivity index (χ1) is 21.0. The Bertz CT molecular complexity index is 1570. The van der Waals surface area contributed by atoms with Gasteiger partial charge in [0.25, 0.3) is 5.56 Å². The van der Waals surface area contributed by atoms with Crippen molar-refractivity contribution in [1.82, 2.24) is 19.8 Å². The summed E-state index contributed by atoms with van der Waals surface area (Å²) in [6, 6.07) is 7.63. The Hall–Kier alpha value is -3.70. The van der Waals surface area contributed by atoms with Gasteiger partial charge in [-0.1, -0.05) is 43.6 Å². The van der Waals surface area contributed by atoms with E-state index in [-0.39, 0.29) is 41.6 Å². The Morgan fingerprint density at radius 2 is 1.76 bits per heavy atom. The molecule has 8 nitrogen and oxygen atoms in total. The van der Waals surface area contributed by atoms with Crippen LogP contribution in [-0.2, 0) is 26.9 Å². The number of hydrogen-bond donors (Lipinski definition) is 1. The van der Waals surface area contributed by atoms with Crippen molar-refractivity contribution < 1.29 is 27.5 Å². The van der Waals surface area contributed by atoms with E-state index in [4.69, 9.17) is 16.3 Å². The van der Waals surface area contributed by atoms with Crippen molar-refractivity contribution in [2.45, 2.75) is 65.2 Å². The van der Waals surface area contributed by atoms with Gasteiger partial charge in [0.1, 0.15) is 11.2 Å². The number of carbonyl (C=O) groups is 2. The number of esters is 1. The molecule has 1 aromatic carbocycles. The Morgan fingerprint density at radius 1 is 1.11 bits per heavy atom. The van der Waals surface area contributed by atoms with Crippen molar-refractivity contribution in [3.05, 3.63) is 86.0 Å². The van der Waals surface area contributed by atoms with E-state index < -0.39 is 41.3 Å². The lowest BCUT2D eigenvalue weighted by molar-refractivity contribution is -0.141. The van der Waals surface area contributed by atoms with E-state index >= 15 is 0 Å². The highest BCUT2D eigenvalue weighted by molar-refractivity contribution is 6.29. The fraction of sp³-hybridized carbons (Fsp3) is 0.455. The number of amides is 1. The number of carbonyl (C=O) groups excluding carboxylic acids is 2. The molecule has 0 aliphatic carbocycles. The summed E-state index contributed by atoms with van der Waals surface area (Å²) in [6.45, 7) is 7.88. The monoisotopic (exact) mass is 648 g/mol. The second-order valence-electron chi connectivity index (χ2n) is 11.9. The zero-order chi connectivity index (χ0) is 33.6. The third kappa shape index (κ3) is 9.40. The molecular formula is C33H40ClF3N4O4. The van der Waals surface area contributed by atoms with Gasteiger partial charge < -0.3 is 19.5 Å². The molecule has 3 rings (SSSR count). The predicted molar refractivity (Wildman–Crippen MR) is 168 cm³/mol. The molecule has 12 heteroatoms. The number of halogens is 4. The first kappa shape index (κ1) is 35.8. The third-order valence-electron chi connectivity index (χ3n) is 7.49. The maximum Gasteiger partial charge on any atom is 0.416 e. The van der Waals surface area contributed by atoms with Gasteiger partial charge >= 0.3 is 12.1 Å². The molecule has 0 saturated carbocycles. The Kier molecular flexibility index (Phi) is 12.0. The Balaban J connectivity index is 2.11. The molecule has 1 N–H and O–H groups in total. The second-order valence-corrected chi connectivity index (χ2v) is 12.3. The molecule has 2 atom stereocenters. The molecular weight excluding hydrogens is 609 g/mol. The van der Waals surface area contributed by atoms with E-state index in [9.17, 15) is 27.6 Å². The van der Waals surface area contributed by atoms with Gasteiger partial charge in [0.15, 0.2) is 0 Å². The van der Waals surface area contributed by atoms with Crippen LogP contribution in [0.15, 0.2) is 47.4 Å². The van der Waals surface area contributed by atoms with Crippen LogP contribution in [-0.4, -0.2) is 54.1 Å². The Labute approximate surface area is 266 Å². The van der Waals surface area contributed by atoms with Gasteiger partial charge in [0, 0.05) is 18.8 Å². The largest absolute Gasteiger partial charge is 0.469 e. The number of aromatic nitrogens is 2. The van der Waals surface area contributed by atoms with E-state index in [1.54, 1.807) is 31.1 Å². The molecule has 2 aromatic heterocycles. The summed E-state index contributed by atoms with van der Waals surface area (Å²) in [7, 11) is 4.68. The van der Waals surface area contributed by atoms with Crippen LogP contribution in [0.25, 0.3) is 11.1 Å². The number of aryl methyl sites for hydroxylation is 2. The molecule has 45 heavy (non-hydrogen) atoms. The molecule has 0 spiro atoms.